The van der Waals surface area contributed by atoms with E-state index in [1.165, 1.54) is 0 Å². The second-order valence-electron chi connectivity index (χ2n) is 4.20. The third-order valence-corrected chi connectivity index (χ3v) is 3.10. The van der Waals surface area contributed by atoms with E-state index in [-0.39, 0.29) is 5.91 Å². The van der Waals surface area contributed by atoms with Crippen LogP contribution < -0.4 is 15.4 Å². The van der Waals surface area contributed by atoms with Gasteiger partial charge in [0.2, 0.25) is 5.91 Å². The molecule has 1 aromatic carbocycles. The molecule has 0 aliphatic heterocycles. The number of rotatable bonds is 8. The van der Waals surface area contributed by atoms with Crippen LogP contribution in [0.2, 0.25) is 0 Å². The molecule has 0 radical (unpaired) electrons. The first kappa shape index (κ1) is 16.0. The summed E-state index contributed by atoms with van der Waals surface area (Å²) in [6.45, 7) is 4.14. The fraction of sp³-hybridized carbons (Fsp3) is 0.500. The minimum atomic E-state index is 0.0456. The Morgan fingerprint density at radius 2 is 2.21 bits per heavy atom. The Bertz CT molecular complexity index is 410. The van der Waals surface area contributed by atoms with Crippen molar-refractivity contribution in [3.05, 3.63) is 28.2 Å². The molecule has 0 aromatic heterocycles. The van der Waals surface area contributed by atoms with Crippen LogP contribution in [0.1, 0.15) is 25.3 Å². The fourth-order valence-electron chi connectivity index (χ4n) is 1.59. The molecule has 0 saturated carbocycles. The highest BCUT2D eigenvalue weighted by molar-refractivity contribution is 9.10. The second kappa shape index (κ2) is 8.93. The lowest BCUT2D eigenvalue weighted by molar-refractivity contribution is -0.120. The summed E-state index contributed by atoms with van der Waals surface area (Å²) in [7, 11) is 1.65. The average Bonchev–Trinajstić information content (AvgIpc) is 2.42. The highest BCUT2D eigenvalue weighted by Crippen LogP contribution is 2.23. The van der Waals surface area contributed by atoms with E-state index < -0.39 is 0 Å². The van der Waals surface area contributed by atoms with E-state index in [9.17, 15) is 4.79 Å². The Balaban J connectivity index is 2.50. The van der Waals surface area contributed by atoms with Gasteiger partial charge in [0.1, 0.15) is 5.75 Å². The largest absolute Gasteiger partial charge is 0.493 e. The average molecular weight is 329 g/mol. The molecule has 0 spiro atoms. The molecule has 2 N–H and O–H groups in total. The summed E-state index contributed by atoms with van der Waals surface area (Å²) in [5, 5.41) is 5.85. The predicted octanol–water partition coefficient (Wildman–Crippen LogP) is 2.46. The molecular formula is C14H21BrN2O2. The zero-order valence-corrected chi connectivity index (χ0v) is 13.0. The first-order valence-corrected chi connectivity index (χ1v) is 7.29. The topological polar surface area (TPSA) is 50.4 Å². The number of hydrogen-bond donors (Lipinski definition) is 2. The van der Waals surface area contributed by atoms with Crippen LogP contribution in [0.3, 0.4) is 0 Å². The summed E-state index contributed by atoms with van der Waals surface area (Å²) in [5.41, 5.74) is 1.10. The number of carbonyl (C=O) groups is 1. The molecule has 4 nitrogen and oxygen atoms in total. The van der Waals surface area contributed by atoms with Gasteiger partial charge in [0.15, 0.2) is 0 Å². The number of hydrogen-bond acceptors (Lipinski definition) is 3. The van der Waals surface area contributed by atoms with Crippen LogP contribution in [0.5, 0.6) is 5.75 Å². The van der Waals surface area contributed by atoms with Crippen molar-refractivity contribution in [2.24, 2.45) is 0 Å². The number of halogens is 1. The van der Waals surface area contributed by atoms with Crippen LogP contribution in [0.4, 0.5) is 0 Å². The van der Waals surface area contributed by atoms with Gasteiger partial charge in [-0.3, -0.25) is 4.79 Å². The maximum atomic E-state index is 11.1. The lowest BCUT2D eigenvalue weighted by atomic mass is 10.2. The van der Waals surface area contributed by atoms with Crippen LogP contribution in [-0.2, 0) is 11.3 Å². The van der Waals surface area contributed by atoms with E-state index in [1.54, 1.807) is 7.05 Å². The first-order valence-electron chi connectivity index (χ1n) is 6.50. The van der Waals surface area contributed by atoms with E-state index in [0.717, 1.165) is 22.2 Å². The van der Waals surface area contributed by atoms with E-state index in [4.69, 9.17) is 4.74 Å². The van der Waals surface area contributed by atoms with Gasteiger partial charge in [0.25, 0.3) is 0 Å². The predicted molar refractivity (Wildman–Crippen MR) is 80.3 cm³/mol. The lowest BCUT2D eigenvalue weighted by Crippen LogP contribution is -2.24. The van der Waals surface area contributed by atoms with Crippen molar-refractivity contribution >= 4 is 21.8 Å². The molecule has 0 aliphatic rings. The van der Waals surface area contributed by atoms with Crippen molar-refractivity contribution in [3.63, 3.8) is 0 Å². The Hall–Kier alpha value is -1.07. The molecule has 0 fully saturated rings. The standard InChI is InChI=1S/C14H21BrN2O2/c1-3-8-19-13-5-4-12(15)9-11(13)10-17-7-6-14(18)16-2/h4-5,9,17H,3,6-8,10H2,1-2H3,(H,16,18). The number of nitrogens with one attached hydrogen (secondary N) is 2. The second-order valence-corrected chi connectivity index (χ2v) is 5.12. The summed E-state index contributed by atoms with van der Waals surface area (Å²) in [5.74, 6) is 0.946. The maximum Gasteiger partial charge on any atom is 0.221 e. The van der Waals surface area contributed by atoms with Gasteiger partial charge in [-0.15, -0.1) is 0 Å². The smallest absolute Gasteiger partial charge is 0.221 e. The third kappa shape index (κ3) is 6.07. The SMILES string of the molecule is CCCOc1ccc(Br)cc1CNCCC(=O)NC. The van der Waals surface area contributed by atoms with Crippen LogP contribution in [0, 0.1) is 0 Å². The van der Waals surface area contributed by atoms with Gasteiger partial charge in [-0.2, -0.15) is 0 Å². The van der Waals surface area contributed by atoms with Gasteiger partial charge in [0, 0.05) is 36.6 Å². The zero-order valence-electron chi connectivity index (χ0n) is 11.5. The van der Waals surface area contributed by atoms with Gasteiger partial charge >= 0.3 is 0 Å². The van der Waals surface area contributed by atoms with Crippen molar-refractivity contribution in [3.8, 4) is 5.75 Å². The minimum absolute atomic E-state index is 0.0456. The molecule has 0 bridgehead atoms. The quantitative estimate of drug-likeness (QED) is 0.721. The number of benzene rings is 1. The molecule has 0 saturated heterocycles. The highest BCUT2D eigenvalue weighted by atomic mass is 79.9. The Morgan fingerprint density at radius 1 is 1.42 bits per heavy atom. The van der Waals surface area contributed by atoms with Crippen molar-refractivity contribution in [2.45, 2.75) is 26.3 Å². The van der Waals surface area contributed by atoms with E-state index in [2.05, 4.69) is 33.5 Å². The monoisotopic (exact) mass is 328 g/mol. The fourth-order valence-corrected chi connectivity index (χ4v) is 2.00. The molecular weight excluding hydrogens is 308 g/mol. The summed E-state index contributed by atoms with van der Waals surface area (Å²) in [4.78, 5) is 11.1. The van der Waals surface area contributed by atoms with E-state index in [0.29, 0.717) is 26.1 Å². The number of carbonyl (C=O) groups excluding carboxylic acids is 1. The van der Waals surface area contributed by atoms with Crippen molar-refractivity contribution in [2.75, 3.05) is 20.2 Å². The summed E-state index contributed by atoms with van der Waals surface area (Å²) in [6, 6.07) is 5.98. The molecule has 19 heavy (non-hydrogen) atoms. The Kier molecular flexibility index (Phi) is 7.52. The molecule has 0 atom stereocenters. The third-order valence-electron chi connectivity index (χ3n) is 2.61. The van der Waals surface area contributed by atoms with Gasteiger partial charge < -0.3 is 15.4 Å². The van der Waals surface area contributed by atoms with Crippen LogP contribution in [0.15, 0.2) is 22.7 Å². The van der Waals surface area contributed by atoms with Crippen molar-refractivity contribution in [1.29, 1.82) is 0 Å². The van der Waals surface area contributed by atoms with Gasteiger partial charge in [-0.1, -0.05) is 22.9 Å². The number of amides is 1. The Labute approximate surface area is 123 Å². The van der Waals surface area contributed by atoms with Crippen LogP contribution in [-0.4, -0.2) is 26.1 Å². The molecule has 0 unspecified atom stereocenters. The molecule has 5 heteroatoms. The molecule has 1 aromatic rings. The van der Waals surface area contributed by atoms with Crippen LogP contribution in [0.25, 0.3) is 0 Å². The zero-order chi connectivity index (χ0) is 14.1. The van der Waals surface area contributed by atoms with Gasteiger partial charge in [0.05, 0.1) is 6.61 Å². The summed E-state index contributed by atoms with van der Waals surface area (Å²) in [6.07, 6.45) is 1.47. The summed E-state index contributed by atoms with van der Waals surface area (Å²) < 4.78 is 6.73. The summed E-state index contributed by atoms with van der Waals surface area (Å²) >= 11 is 3.46. The van der Waals surface area contributed by atoms with Crippen molar-refractivity contribution < 1.29 is 9.53 Å². The minimum Gasteiger partial charge on any atom is -0.493 e. The normalized spacial score (nSPS) is 10.3. The van der Waals surface area contributed by atoms with Gasteiger partial charge in [-0.05, 0) is 24.6 Å². The highest BCUT2D eigenvalue weighted by Gasteiger charge is 2.05. The Morgan fingerprint density at radius 3 is 2.89 bits per heavy atom. The van der Waals surface area contributed by atoms with Crippen LogP contribution >= 0.6 is 15.9 Å². The van der Waals surface area contributed by atoms with E-state index in [1.807, 2.05) is 18.2 Å². The van der Waals surface area contributed by atoms with E-state index >= 15 is 0 Å². The molecule has 1 rings (SSSR count). The molecule has 0 heterocycles. The number of ether oxygens (including phenoxy) is 1. The lowest BCUT2D eigenvalue weighted by Gasteiger charge is -2.12. The van der Waals surface area contributed by atoms with Crippen molar-refractivity contribution in [1.82, 2.24) is 10.6 Å². The molecule has 0 aliphatic carbocycles. The molecule has 1 amide bonds. The first-order chi connectivity index (χ1) is 9.17. The van der Waals surface area contributed by atoms with Gasteiger partial charge in [-0.25, -0.2) is 0 Å². The molecule has 106 valence electrons. The maximum absolute atomic E-state index is 11.1.